The summed E-state index contributed by atoms with van der Waals surface area (Å²) in [5.41, 5.74) is 1.90. The Balaban J connectivity index is 1.05. The van der Waals surface area contributed by atoms with Gasteiger partial charge in [-0.3, -0.25) is 9.59 Å². The molecular weight excluding hydrogens is 508 g/mol. The van der Waals surface area contributed by atoms with Gasteiger partial charge in [0, 0.05) is 12.1 Å². The molecule has 2 heterocycles. The molecule has 1 aliphatic carbocycles. The van der Waals surface area contributed by atoms with Gasteiger partial charge in [-0.05, 0) is 30.4 Å². The van der Waals surface area contributed by atoms with Crippen LogP contribution in [0.15, 0.2) is 60.7 Å². The fourth-order valence-corrected chi connectivity index (χ4v) is 5.62. The highest BCUT2D eigenvalue weighted by Gasteiger charge is 2.26. The van der Waals surface area contributed by atoms with Crippen LogP contribution in [-0.2, 0) is 22.4 Å². The number of hydrogen-bond donors (Lipinski definition) is 4. The summed E-state index contributed by atoms with van der Waals surface area (Å²) in [7, 11) is 0. The van der Waals surface area contributed by atoms with Crippen LogP contribution in [-0.4, -0.2) is 44.3 Å². The summed E-state index contributed by atoms with van der Waals surface area (Å²) in [4.78, 5) is 24.5. The van der Waals surface area contributed by atoms with Crippen molar-refractivity contribution in [3.05, 3.63) is 71.8 Å². The Bertz CT molecular complexity index is 1230. The van der Waals surface area contributed by atoms with E-state index in [1.807, 2.05) is 60.7 Å². The van der Waals surface area contributed by atoms with Crippen LogP contribution in [0.3, 0.4) is 0 Å². The minimum atomic E-state index is -0.119. The van der Waals surface area contributed by atoms with Crippen LogP contribution in [0, 0.1) is 0 Å². The topological polar surface area (TPSA) is 134 Å². The van der Waals surface area contributed by atoms with Crippen molar-refractivity contribution < 1.29 is 9.59 Å². The number of amides is 2. The molecule has 2 unspecified atom stereocenters. The third-order valence-corrected chi connectivity index (χ3v) is 7.39. The zero-order valence-electron chi connectivity index (χ0n) is 19.9. The van der Waals surface area contributed by atoms with E-state index in [1.165, 1.54) is 22.7 Å². The molecule has 0 spiro atoms. The highest BCUT2D eigenvalue weighted by molar-refractivity contribution is 7.19. The van der Waals surface area contributed by atoms with E-state index >= 15 is 0 Å². The zero-order valence-corrected chi connectivity index (χ0v) is 21.5. The van der Waals surface area contributed by atoms with Gasteiger partial charge in [0.2, 0.25) is 32.3 Å². The average Bonchev–Trinajstić information content (AvgIpc) is 3.63. The van der Waals surface area contributed by atoms with Crippen LogP contribution < -0.4 is 21.3 Å². The average molecular weight is 535 g/mol. The Morgan fingerprint density at radius 2 is 1.05 bits per heavy atom. The van der Waals surface area contributed by atoms with Crippen molar-refractivity contribution in [2.45, 2.75) is 44.2 Å². The molecule has 4 aromatic rings. The normalized spacial score (nSPS) is 16.8. The molecule has 2 atom stereocenters. The van der Waals surface area contributed by atoms with Gasteiger partial charge in [0.05, 0.1) is 12.8 Å². The van der Waals surface area contributed by atoms with Gasteiger partial charge in [0.1, 0.15) is 0 Å². The minimum Gasteiger partial charge on any atom is -0.357 e. The lowest BCUT2D eigenvalue weighted by molar-refractivity contribution is -0.116. The second-order valence-electron chi connectivity index (χ2n) is 8.74. The van der Waals surface area contributed by atoms with E-state index < -0.39 is 0 Å². The van der Waals surface area contributed by atoms with E-state index in [0.29, 0.717) is 33.4 Å². The Morgan fingerprint density at radius 1 is 0.649 bits per heavy atom. The van der Waals surface area contributed by atoms with Crippen molar-refractivity contribution in [3.63, 3.8) is 0 Å². The van der Waals surface area contributed by atoms with Crippen molar-refractivity contribution in [3.8, 4) is 0 Å². The van der Waals surface area contributed by atoms with Crippen LogP contribution in [0.4, 0.5) is 20.5 Å². The van der Waals surface area contributed by atoms with Crippen LogP contribution in [0.25, 0.3) is 0 Å². The van der Waals surface area contributed by atoms with Gasteiger partial charge in [0.25, 0.3) is 0 Å². The first kappa shape index (κ1) is 24.8. The lowest BCUT2D eigenvalue weighted by Gasteiger charge is -2.12. The van der Waals surface area contributed by atoms with Gasteiger partial charge in [-0.25, -0.2) is 0 Å². The fraction of sp³-hybridized carbons (Fsp3) is 0.280. The number of rotatable bonds is 10. The van der Waals surface area contributed by atoms with Crippen molar-refractivity contribution in [2.75, 3.05) is 21.3 Å². The third-order valence-electron chi connectivity index (χ3n) is 5.85. The summed E-state index contributed by atoms with van der Waals surface area (Å²) < 4.78 is 0. The predicted molar refractivity (Wildman–Crippen MR) is 146 cm³/mol. The van der Waals surface area contributed by atoms with Gasteiger partial charge in [0.15, 0.2) is 0 Å². The number of aromatic nitrogens is 4. The molecule has 12 heteroatoms. The lowest BCUT2D eigenvalue weighted by Crippen LogP contribution is -2.20. The monoisotopic (exact) mass is 534 g/mol. The Labute approximate surface area is 222 Å². The standard InChI is InChI=1S/C25H26N8O2S2/c34-20(13-16-7-3-1-4-8-16)28-24-32-30-22(36-24)26-18-11-12-19(15-18)27-23-31-33-25(37-23)29-21(35)14-17-9-5-2-6-10-17/h1-10,18-19H,11-15H2,(H,26,30)(H,27,31)(H,28,32,34)(H,29,33,35). The molecule has 10 nitrogen and oxygen atoms in total. The molecular formula is C25H26N8O2S2. The van der Waals surface area contributed by atoms with E-state index in [2.05, 4.69) is 41.7 Å². The smallest absolute Gasteiger partial charge is 0.230 e. The molecule has 2 aromatic heterocycles. The van der Waals surface area contributed by atoms with E-state index in [0.717, 1.165) is 30.4 Å². The van der Waals surface area contributed by atoms with Gasteiger partial charge < -0.3 is 21.3 Å². The van der Waals surface area contributed by atoms with E-state index in [9.17, 15) is 9.59 Å². The van der Waals surface area contributed by atoms with Gasteiger partial charge >= 0.3 is 0 Å². The molecule has 0 aliphatic heterocycles. The highest BCUT2D eigenvalue weighted by Crippen LogP contribution is 2.30. The van der Waals surface area contributed by atoms with Crippen molar-refractivity contribution >= 4 is 55.0 Å². The maximum absolute atomic E-state index is 12.3. The van der Waals surface area contributed by atoms with Crippen LogP contribution in [0.2, 0.25) is 0 Å². The molecule has 0 bridgehead atoms. The first-order valence-electron chi connectivity index (χ1n) is 12.0. The SMILES string of the molecule is O=C(Cc1ccccc1)Nc1nnc(NC2CCC(Nc3nnc(NC(=O)Cc4ccccc4)s3)C2)s1. The molecule has 5 rings (SSSR count). The molecule has 37 heavy (non-hydrogen) atoms. The van der Waals surface area contributed by atoms with Crippen molar-refractivity contribution in [1.29, 1.82) is 0 Å². The number of anilines is 4. The molecule has 1 fully saturated rings. The third kappa shape index (κ3) is 7.30. The van der Waals surface area contributed by atoms with Gasteiger partial charge in [-0.1, -0.05) is 83.3 Å². The molecule has 2 amide bonds. The number of hydrogen-bond acceptors (Lipinski definition) is 10. The van der Waals surface area contributed by atoms with E-state index in [-0.39, 0.29) is 23.9 Å². The first-order chi connectivity index (χ1) is 18.1. The number of benzene rings is 2. The predicted octanol–water partition coefficient (Wildman–Crippen LogP) is 4.20. The largest absolute Gasteiger partial charge is 0.357 e. The van der Waals surface area contributed by atoms with E-state index in [1.54, 1.807) is 0 Å². The number of carbonyl (C=O) groups excluding carboxylic acids is 2. The van der Waals surface area contributed by atoms with Crippen LogP contribution in [0.1, 0.15) is 30.4 Å². The summed E-state index contributed by atoms with van der Waals surface area (Å²) in [6.45, 7) is 0. The number of carbonyl (C=O) groups is 2. The zero-order chi connectivity index (χ0) is 25.5. The molecule has 1 saturated carbocycles. The second-order valence-corrected chi connectivity index (χ2v) is 10.7. The molecule has 190 valence electrons. The molecule has 2 aromatic carbocycles. The minimum absolute atomic E-state index is 0.119. The summed E-state index contributed by atoms with van der Waals surface area (Å²) in [5, 5.41) is 31.3. The molecule has 0 radical (unpaired) electrons. The fourth-order valence-electron chi connectivity index (χ4n) is 4.15. The lowest BCUT2D eigenvalue weighted by atomic mass is 10.1. The van der Waals surface area contributed by atoms with Crippen LogP contribution >= 0.6 is 22.7 Å². The van der Waals surface area contributed by atoms with Crippen molar-refractivity contribution in [2.24, 2.45) is 0 Å². The number of nitrogens with one attached hydrogen (secondary N) is 4. The molecule has 1 aliphatic rings. The Hall–Kier alpha value is -3.90. The second kappa shape index (κ2) is 11.9. The summed E-state index contributed by atoms with van der Waals surface area (Å²) >= 11 is 2.65. The van der Waals surface area contributed by atoms with Crippen LogP contribution in [0.5, 0.6) is 0 Å². The summed E-state index contributed by atoms with van der Waals surface area (Å²) in [6.07, 6.45) is 3.40. The first-order valence-corrected chi connectivity index (χ1v) is 13.6. The molecule has 4 N–H and O–H groups in total. The van der Waals surface area contributed by atoms with Gasteiger partial charge in [-0.2, -0.15) is 0 Å². The number of nitrogens with zero attached hydrogens (tertiary/aromatic N) is 4. The van der Waals surface area contributed by atoms with Crippen molar-refractivity contribution in [1.82, 2.24) is 20.4 Å². The summed E-state index contributed by atoms with van der Waals surface area (Å²) in [5.74, 6) is -0.238. The summed E-state index contributed by atoms with van der Waals surface area (Å²) in [6, 6.07) is 19.6. The highest BCUT2D eigenvalue weighted by atomic mass is 32.1. The van der Waals surface area contributed by atoms with E-state index in [4.69, 9.17) is 0 Å². The maximum atomic E-state index is 12.3. The Morgan fingerprint density at radius 3 is 1.49 bits per heavy atom. The quantitative estimate of drug-likeness (QED) is 0.238. The Kier molecular flexibility index (Phi) is 7.96. The molecule has 0 saturated heterocycles. The van der Waals surface area contributed by atoms with Gasteiger partial charge in [-0.15, -0.1) is 20.4 Å². The maximum Gasteiger partial charge on any atom is 0.230 e.